The highest BCUT2D eigenvalue weighted by molar-refractivity contribution is 7.90. The zero-order chi connectivity index (χ0) is 29.0. The first kappa shape index (κ1) is 28.0. The molecule has 1 aliphatic heterocycles. The third-order valence-electron chi connectivity index (χ3n) is 6.96. The van der Waals surface area contributed by atoms with E-state index in [0.29, 0.717) is 37.4 Å². The Morgan fingerprint density at radius 1 is 0.976 bits per heavy atom. The number of aryl methyl sites for hydroxylation is 1. The quantitative estimate of drug-likeness (QED) is 0.355. The summed E-state index contributed by atoms with van der Waals surface area (Å²) in [4.78, 5) is 38.4. The van der Waals surface area contributed by atoms with E-state index in [2.05, 4.69) is 15.2 Å². The van der Waals surface area contributed by atoms with Crippen molar-refractivity contribution in [3.05, 3.63) is 95.3 Å². The van der Waals surface area contributed by atoms with Crippen LogP contribution in [-0.4, -0.2) is 67.7 Å². The smallest absolute Gasteiger partial charge is 0.410 e. The molecule has 2 aromatic carbocycles. The molecule has 212 valence electrons. The van der Waals surface area contributed by atoms with Crippen molar-refractivity contribution in [1.29, 1.82) is 0 Å². The molecular weight excluding hydrogens is 542 g/mol. The van der Waals surface area contributed by atoms with Gasteiger partial charge < -0.3 is 19.9 Å². The minimum atomic E-state index is -3.45. The van der Waals surface area contributed by atoms with Gasteiger partial charge in [0.05, 0.1) is 22.7 Å². The van der Waals surface area contributed by atoms with Crippen molar-refractivity contribution in [3.63, 3.8) is 0 Å². The fourth-order valence-corrected chi connectivity index (χ4v) is 5.66. The van der Waals surface area contributed by atoms with E-state index < -0.39 is 15.7 Å². The maximum Gasteiger partial charge on any atom is 0.410 e. The number of nitrogens with zero attached hydrogens (tertiary/aromatic N) is 4. The molecule has 0 unspecified atom stereocenters. The number of rotatable bonds is 7. The fourth-order valence-electron chi connectivity index (χ4n) is 4.66. The van der Waals surface area contributed by atoms with Crippen LogP contribution in [0.5, 0.6) is 0 Å². The Bertz CT molecular complexity index is 1690. The molecule has 1 N–H and O–H groups in total. The van der Waals surface area contributed by atoms with Crippen molar-refractivity contribution >= 4 is 38.6 Å². The molecule has 0 radical (unpaired) electrons. The average Bonchev–Trinajstić information content (AvgIpc) is 2.98. The molecule has 1 saturated heterocycles. The predicted octanol–water partition coefficient (Wildman–Crippen LogP) is 3.73. The third-order valence-corrected chi connectivity index (χ3v) is 8.20. The summed E-state index contributed by atoms with van der Waals surface area (Å²) in [5.74, 6) is 0.405. The Balaban J connectivity index is 1.19. The first-order chi connectivity index (χ1) is 19.7. The van der Waals surface area contributed by atoms with Gasteiger partial charge in [-0.2, -0.15) is 0 Å². The van der Waals surface area contributed by atoms with Crippen LogP contribution in [0.4, 0.5) is 10.6 Å². The molecule has 0 saturated carbocycles. The molecule has 5 rings (SSSR count). The van der Waals surface area contributed by atoms with E-state index in [1.165, 1.54) is 6.07 Å². The SMILES string of the molecule is Cc1ccc(C(=O)NCc2cc3nc(N4CCN(C(=O)OCc5ccccc5)CC4)ccc3cn2)cc1S(C)(=O)=O. The van der Waals surface area contributed by atoms with Gasteiger partial charge in [-0.1, -0.05) is 36.4 Å². The van der Waals surface area contributed by atoms with E-state index in [1.54, 1.807) is 30.2 Å². The normalized spacial score (nSPS) is 13.7. The monoisotopic (exact) mass is 573 g/mol. The fraction of sp³-hybridized carbons (Fsp3) is 0.267. The van der Waals surface area contributed by atoms with Crippen molar-refractivity contribution in [2.45, 2.75) is 25.0 Å². The highest BCUT2D eigenvalue weighted by atomic mass is 32.2. The standard InChI is InChI=1S/C30H31N5O5S/c1-21-8-9-23(16-27(21)41(2,38)39)29(36)32-19-25-17-26-24(18-31-25)10-11-28(33-26)34-12-14-35(15-13-34)30(37)40-20-22-6-4-3-5-7-22/h3-11,16-18H,12-15,19-20H2,1-2H3,(H,32,36). The number of benzene rings is 2. The van der Waals surface area contributed by atoms with Crippen LogP contribution in [0.15, 0.2) is 77.8 Å². The second-order valence-corrected chi connectivity index (χ2v) is 12.0. The van der Waals surface area contributed by atoms with E-state index in [4.69, 9.17) is 9.72 Å². The third kappa shape index (κ3) is 6.80. The minimum absolute atomic E-state index is 0.135. The second-order valence-electron chi connectivity index (χ2n) is 9.99. The van der Waals surface area contributed by atoms with Crippen molar-refractivity contribution in [3.8, 4) is 0 Å². The Kier molecular flexibility index (Phi) is 8.16. The lowest BCUT2D eigenvalue weighted by Crippen LogP contribution is -2.49. The van der Waals surface area contributed by atoms with E-state index in [9.17, 15) is 18.0 Å². The van der Waals surface area contributed by atoms with Gasteiger partial charge in [0.2, 0.25) is 0 Å². The zero-order valence-corrected chi connectivity index (χ0v) is 23.7. The van der Waals surface area contributed by atoms with Gasteiger partial charge in [-0.3, -0.25) is 9.78 Å². The number of sulfone groups is 1. The first-order valence-electron chi connectivity index (χ1n) is 13.2. The van der Waals surface area contributed by atoms with Gasteiger partial charge in [0.25, 0.3) is 5.91 Å². The van der Waals surface area contributed by atoms with Crippen molar-refractivity contribution in [2.75, 3.05) is 37.3 Å². The molecule has 2 amide bonds. The number of amides is 2. The molecule has 0 aliphatic carbocycles. The molecule has 41 heavy (non-hydrogen) atoms. The van der Waals surface area contributed by atoms with Crippen LogP contribution in [0.3, 0.4) is 0 Å². The Labute approximate surface area is 238 Å². The molecule has 0 atom stereocenters. The number of carbonyl (C=O) groups is 2. The number of carbonyl (C=O) groups excluding carboxylic acids is 2. The Morgan fingerprint density at radius 2 is 1.73 bits per heavy atom. The molecule has 1 fully saturated rings. The topological polar surface area (TPSA) is 122 Å². The van der Waals surface area contributed by atoms with Crippen LogP contribution in [0.25, 0.3) is 10.9 Å². The maximum atomic E-state index is 12.7. The van der Waals surface area contributed by atoms with Crippen LogP contribution in [0, 0.1) is 6.92 Å². The number of ether oxygens (including phenoxy) is 1. The van der Waals surface area contributed by atoms with Crippen LogP contribution in [0.2, 0.25) is 0 Å². The van der Waals surface area contributed by atoms with Gasteiger partial charge in [0.1, 0.15) is 12.4 Å². The number of nitrogens with one attached hydrogen (secondary N) is 1. The number of aromatic nitrogens is 2. The van der Waals surface area contributed by atoms with E-state index in [1.807, 2.05) is 48.5 Å². The molecule has 10 nitrogen and oxygen atoms in total. The number of pyridine rings is 2. The summed E-state index contributed by atoms with van der Waals surface area (Å²) in [7, 11) is -3.45. The summed E-state index contributed by atoms with van der Waals surface area (Å²) in [6.07, 6.45) is 2.51. The van der Waals surface area contributed by atoms with Gasteiger partial charge in [-0.25, -0.2) is 18.2 Å². The van der Waals surface area contributed by atoms with Crippen molar-refractivity contribution in [1.82, 2.24) is 20.2 Å². The molecular formula is C30H31N5O5S. The highest BCUT2D eigenvalue weighted by Gasteiger charge is 2.23. The summed E-state index contributed by atoms with van der Waals surface area (Å²) >= 11 is 0. The van der Waals surface area contributed by atoms with Gasteiger partial charge in [-0.05, 0) is 48.4 Å². The number of hydrogen-bond acceptors (Lipinski definition) is 8. The van der Waals surface area contributed by atoms with Gasteiger partial charge in [0.15, 0.2) is 9.84 Å². The Morgan fingerprint density at radius 3 is 2.46 bits per heavy atom. The minimum Gasteiger partial charge on any atom is -0.445 e. The molecule has 0 spiro atoms. The van der Waals surface area contributed by atoms with Crippen LogP contribution >= 0.6 is 0 Å². The summed E-state index contributed by atoms with van der Waals surface area (Å²) in [5.41, 5.74) is 3.16. The summed E-state index contributed by atoms with van der Waals surface area (Å²) in [5, 5.41) is 3.67. The lowest BCUT2D eigenvalue weighted by Gasteiger charge is -2.34. The first-order valence-corrected chi connectivity index (χ1v) is 15.1. The van der Waals surface area contributed by atoms with Crippen LogP contribution < -0.4 is 10.2 Å². The van der Waals surface area contributed by atoms with E-state index in [0.717, 1.165) is 28.5 Å². The molecule has 1 aliphatic rings. The lowest BCUT2D eigenvalue weighted by atomic mass is 10.1. The molecule has 4 aromatic rings. The Hall–Kier alpha value is -4.51. The number of fused-ring (bicyclic) bond motifs is 1. The maximum absolute atomic E-state index is 12.7. The molecule has 0 bridgehead atoms. The van der Waals surface area contributed by atoms with Gasteiger partial charge in [-0.15, -0.1) is 0 Å². The van der Waals surface area contributed by atoms with Gasteiger partial charge in [0, 0.05) is 49.6 Å². The largest absolute Gasteiger partial charge is 0.445 e. The summed E-state index contributed by atoms with van der Waals surface area (Å²) < 4.78 is 29.5. The van der Waals surface area contributed by atoms with E-state index in [-0.39, 0.29) is 29.7 Å². The van der Waals surface area contributed by atoms with E-state index >= 15 is 0 Å². The lowest BCUT2D eigenvalue weighted by molar-refractivity contribution is 0.0937. The number of piperazine rings is 1. The van der Waals surface area contributed by atoms with Crippen molar-refractivity contribution in [2.24, 2.45) is 0 Å². The molecule has 2 aromatic heterocycles. The van der Waals surface area contributed by atoms with Crippen LogP contribution in [0.1, 0.15) is 27.2 Å². The highest BCUT2D eigenvalue weighted by Crippen LogP contribution is 2.21. The zero-order valence-electron chi connectivity index (χ0n) is 22.9. The molecule has 3 heterocycles. The number of hydrogen-bond donors (Lipinski definition) is 1. The number of anilines is 1. The average molecular weight is 574 g/mol. The van der Waals surface area contributed by atoms with Gasteiger partial charge >= 0.3 is 6.09 Å². The molecule has 11 heteroatoms. The predicted molar refractivity (Wildman–Crippen MR) is 155 cm³/mol. The van der Waals surface area contributed by atoms with Crippen molar-refractivity contribution < 1.29 is 22.7 Å². The second kappa shape index (κ2) is 11.9. The van der Waals surface area contributed by atoms with Crippen LogP contribution in [-0.2, 0) is 27.7 Å². The summed E-state index contributed by atoms with van der Waals surface area (Å²) in [6.45, 7) is 4.40. The summed E-state index contributed by atoms with van der Waals surface area (Å²) in [6, 6.07) is 19.9.